The van der Waals surface area contributed by atoms with E-state index in [0.717, 1.165) is 21.8 Å². The third-order valence-corrected chi connectivity index (χ3v) is 6.59. The molecule has 0 unspecified atom stereocenters. The van der Waals surface area contributed by atoms with Gasteiger partial charge in [-0.1, -0.05) is 48.5 Å². The van der Waals surface area contributed by atoms with Crippen molar-refractivity contribution in [2.45, 2.75) is 20.4 Å². The smallest absolute Gasteiger partial charge is 0.271 e. The maximum absolute atomic E-state index is 13.0. The summed E-state index contributed by atoms with van der Waals surface area (Å²) in [6.45, 7) is 3.62. The number of aryl methyl sites for hydroxylation is 1. The number of nitrogens with zero attached hydrogens (tertiary/aromatic N) is 4. The third kappa shape index (κ3) is 3.96. The molecule has 0 saturated carbocycles. The number of rotatable bonds is 5. The number of thiophene rings is 1. The van der Waals surface area contributed by atoms with E-state index in [1.807, 2.05) is 80.6 Å². The minimum Gasteiger partial charge on any atom is -0.321 e. The standard InChI is InChI=1S/C25H21N5O2S/c1-16-23(17(2)30(28-16)19-11-7-4-8-12-19)27-22(31)14-29-15-26-20-13-21(33-24(20)25(29)32)18-9-5-3-6-10-18/h3-13,15H,14H2,1-2H3,(H,27,31). The molecule has 8 heteroatoms. The Morgan fingerprint density at radius 1 is 1.03 bits per heavy atom. The minimum atomic E-state index is -0.308. The molecular formula is C25H21N5O2S. The fourth-order valence-corrected chi connectivity index (χ4v) is 4.85. The van der Waals surface area contributed by atoms with Crippen molar-refractivity contribution in [3.63, 3.8) is 0 Å². The molecule has 2 aromatic carbocycles. The highest BCUT2D eigenvalue weighted by atomic mass is 32.1. The Bertz CT molecular complexity index is 1520. The number of aromatic nitrogens is 4. The van der Waals surface area contributed by atoms with Crippen molar-refractivity contribution in [2.24, 2.45) is 0 Å². The second kappa shape index (κ2) is 8.48. The average molecular weight is 456 g/mol. The van der Waals surface area contributed by atoms with E-state index in [1.54, 1.807) is 4.68 Å². The molecule has 164 valence electrons. The first-order chi connectivity index (χ1) is 16.0. The van der Waals surface area contributed by atoms with Gasteiger partial charge in [0.05, 0.1) is 34.6 Å². The number of hydrogen-bond donors (Lipinski definition) is 1. The van der Waals surface area contributed by atoms with Crippen LogP contribution in [0.1, 0.15) is 11.4 Å². The number of para-hydroxylation sites is 1. The summed E-state index contributed by atoms with van der Waals surface area (Å²) in [4.78, 5) is 31.2. The summed E-state index contributed by atoms with van der Waals surface area (Å²) in [5, 5.41) is 7.47. The van der Waals surface area contributed by atoms with Gasteiger partial charge in [0.15, 0.2) is 0 Å². The number of benzene rings is 2. The lowest BCUT2D eigenvalue weighted by atomic mass is 10.2. The van der Waals surface area contributed by atoms with Gasteiger partial charge in [-0.3, -0.25) is 14.2 Å². The van der Waals surface area contributed by atoms with Crippen LogP contribution in [0.2, 0.25) is 0 Å². The molecule has 0 bridgehead atoms. The molecule has 0 radical (unpaired) electrons. The van der Waals surface area contributed by atoms with Gasteiger partial charge in [-0.25, -0.2) is 9.67 Å². The third-order valence-electron chi connectivity index (χ3n) is 5.43. The van der Waals surface area contributed by atoms with Crippen molar-refractivity contribution in [3.05, 3.63) is 94.8 Å². The van der Waals surface area contributed by atoms with Gasteiger partial charge in [0, 0.05) is 4.88 Å². The SMILES string of the molecule is Cc1nn(-c2ccccc2)c(C)c1NC(=O)Cn1cnc2cc(-c3ccccc3)sc2c1=O. The fraction of sp³-hybridized carbons (Fsp3) is 0.120. The van der Waals surface area contributed by atoms with E-state index in [9.17, 15) is 9.59 Å². The molecule has 0 aliphatic carbocycles. The van der Waals surface area contributed by atoms with Gasteiger partial charge >= 0.3 is 0 Å². The van der Waals surface area contributed by atoms with Crippen molar-refractivity contribution >= 4 is 33.1 Å². The highest BCUT2D eigenvalue weighted by Crippen LogP contribution is 2.30. The van der Waals surface area contributed by atoms with Crippen LogP contribution in [0, 0.1) is 13.8 Å². The summed E-state index contributed by atoms with van der Waals surface area (Å²) in [5.41, 5.74) is 4.53. The van der Waals surface area contributed by atoms with Crippen molar-refractivity contribution < 1.29 is 4.79 Å². The molecule has 5 rings (SSSR count). The fourth-order valence-electron chi connectivity index (χ4n) is 3.78. The van der Waals surface area contributed by atoms with Crippen LogP contribution in [0.5, 0.6) is 0 Å². The highest BCUT2D eigenvalue weighted by Gasteiger charge is 2.17. The second-order valence-corrected chi connectivity index (χ2v) is 8.76. The van der Waals surface area contributed by atoms with Crippen LogP contribution in [-0.4, -0.2) is 25.2 Å². The Morgan fingerprint density at radius 2 is 1.73 bits per heavy atom. The summed E-state index contributed by atoms with van der Waals surface area (Å²) in [6, 6.07) is 21.5. The number of nitrogens with one attached hydrogen (secondary N) is 1. The summed E-state index contributed by atoms with van der Waals surface area (Å²) in [5.74, 6) is -0.308. The predicted molar refractivity (Wildman–Crippen MR) is 131 cm³/mol. The molecule has 3 heterocycles. The molecule has 0 aliphatic rings. The number of amides is 1. The lowest BCUT2D eigenvalue weighted by molar-refractivity contribution is -0.116. The Kier molecular flexibility index (Phi) is 5.35. The van der Waals surface area contributed by atoms with Gasteiger partial charge in [-0.05, 0) is 37.6 Å². The van der Waals surface area contributed by atoms with E-state index in [1.165, 1.54) is 22.2 Å². The normalized spacial score (nSPS) is 11.1. The van der Waals surface area contributed by atoms with Crippen LogP contribution >= 0.6 is 11.3 Å². The Hall–Kier alpha value is -4.04. The molecule has 0 spiro atoms. The molecule has 5 aromatic rings. The zero-order chi connectivity index (χ0) is 22.9. The monoisotopic (exact) mass is 455 g/mol. The van der Waals surface area contributed by atoms with Gasteiger partial charge < -0.3 is 5.32 Å². The first-order valence-electron chi connectivity index (χ1n) is 10.5. The zero-order valence-electron chi connectivity index (χ0n) is 18.1. The van der Waals surface area contributed by atoms with Crippen molar-refractivity contribution in [2.75, 3.05) is 5.32 Å². The number of carbonyl (C=O) groups is 1. The van der Waals surface area contributed by atoms with E-state index in [-0.39, 0.29) is 18.0 Å². The van der Waals surface area contributed by atoms with Crippen LogP contribution in [0.3, 0.4) is 0 Å². The first kappa shape index (κ1) is 20.8. The minimum absolute atomic E-state index is 0.129. The second-order valence-electron chi connectivity index (χ2n) is 7.71. The quantitative estimate of drug-likeness (QED) is 0.421. The summed E-state index contributed by atoms with van der Waals surface area (Å²) < 4.78 is 3.67. The maximum Gasteiger partial charge on any atom is 0.271 e. The number of fused-ring (bicyclic) bond motifs is 1. The Labute approximate surface area is 194 Å². The summed E-state index contributed by atoms with van der Waals surface area (Å²) in [7, 11) is 0. The van der Waals surface area contributed by atoms with Crippen LogP contribution < -0.4 is 10.9 Å². The number of anilines is 1. The van der Waals surface area contributed by atoms with Crippen molar-refractivity contribution in [1.29, 1.82) is 0 Å². The van der Waals surface area contributed by atoms with E-state index in [2.05, 4.69) is 15.4 Å². The lowest BCUT2D eigenvalue weighted by Gasteiger charge is -2.08. The topological polar surface area (TPSA) is 81.8 Å². The van der Waals surface area contributed by atoms with E-state index < -0.39 is 0 Å². The Balaban J connectivity index is 1.39. The lowest BCUT2D eigenvalue weighted by Crippen LogP contribution is -2.27. The van der Waals surface area contributed by atoms with Gasteiger partial charge in [0.1, 0.15) is 11.2 Å². The summed E-state index contributed by atoms with van der Waals surface area (Å²) in [6.07, 6.45) is 1.43. The van der Waals surface area contributed by atoms with Gasteiger partial charge in [-0.2, -0.15) is 5.10 Å². The number of carbonyl (C=O) groups excluding carboxylic acids is 1. The van der Waals surface area contributed by atoms with Crippen LogP contribution in [0.15, 0.2) is 77.9 Å². The molecule has 0 saturated heterocycles. The van der Waals surface area contributed by atoms with Gasteiger partial charge in [0.2, 0.25) is 5.91 Å². The molecular weight excluding hydrogens is 434 g/mol. The number of hydrogen-bond acceptors (Lipinski definition) is 5. The van der Waals surface area contributed by atoms with E-state index in [4.69, 9.17) is 0 Å². The molecule has 3 aromatic heterocycles. The Morgan fingerprint density at radius 3 is 2.45 bits per heavy atom. The predicted octanol–water partition coefficient (Wildman–Crippen LogP) is 4.57. The van der Waals surface area contributed by atoms with Crippen LogP contribution in [-0.2, 0) is 11.3 Å². The molecule has 1 N–H and O–H groups in total. The van der Waals surface area contributed by atoms with E-state index >= 15 is 0 Å². The first-order valence-corrected chi connectivity index (χ1v) is 11.3. The zero-order valence-corrected chi connectivity index (χ0v) is 19.0. The molecule has 1 amide bonds. The molecule has 7 nitrogen and oxygen atoms in total. The van der Waals surface area contributed by atoms with Crippen molar-refractivity contribution in [1.82, 2.24) is 19.3 Å². The molecule has 0 aliphatic heterocycles. The van der Waals surface area contributed by atoms with Gasteiger partial charge in [-0.15, -0.1) is 11.3 Å². The van der Waals surface area contributed by atoms with Crippen LogP contribution in [0.25, 0.3) is 26.3 Å². The van der Waals surface area contributed by atoms with Crippen molar-refractivity contribution in [3.8, 4) is 16.1 Å². The maximum atomic E-state index is 13.0. The van der Waals surface area contributed by atoms with Gasteiger partial charge in [0.25, 0.3) is 5.56 Å². The van der Waals surface area contributed by atoms with Crippen LogP contribution in [0.4, 0.5) is 5.69 Å². The molecule has 0 atom stereocenters. The largest absolute Gasteiger partial charge is 0.321 e. The molecule has 0 fully saturated rings. The highest BCUT2D eigenvalue weighted by molar-refractivity contribution is 7.22. The summed E-state index contributed by atoms with van der Waals surface area (Å²) >= 11 is 1.39. The van der Waals surface area contributed by atoms with E-state index in [0.29, 0.717) is 21.6 Å². The average Bonchev–Trinajstić information content (AvgIpc) is 3.39. The molecule has 33 heavy (non-hydrogen) atoms.